The van der Waals surface area contributed by atoms with E-state index >= 15 is 0 Å². The molecular formula is C16H20BrN3. The molecule has 0 amide bonds. The van der Waals surface area contributed by atoms with Crippen molar-refractivity contribution in [3.63, 3.8) is 0 Å². The summed E-state index contributed by atoms with van der Waals surface area (Å²) in [5, 5.41) is 3.60. The van der Waals surface area contributed by atoms with Crippen LogP contribution >= 0.6 is 15.9 Å². The van der Waals surface area contributed by atoms with Gasteiger partial charge in [0, 0.05) is 35.3 Å². The minimum Gasteiger partial charge on any atom is -0.310 e. The third-order valence-corrected chi connectivity index (χ3v) is 3.57. The van der Waals surface area contributed by atoms with E-state index < -0.39 is 0 Å². The summed E-state index contributed by atoms with van der Waals surface area (Å²) in [5.74, 6) is 0. The fraction of sp³-hybridized carbons (Fsp3) is 0.375. The third kappa shape index (κ3) is 4.39. The maximum atomic E-state index is 4.31. The highest BCUT2D eigenvalue weighted by atomic mass is 79.9. The van der Waals surface area contributed by atoms with E-state index in [4.69, 9.17) is 0 Å². The van der Waals surface area contributed by atoms with E-state index in [2.05, 4.69) is 57.2 Å². The monoisotopic (exact) mass is 333 g/mol. The number of nitrogens with zero attached hydrogens (tertiary/aromatic N) is 2. The van der Waals surface area contributed by atoms with Crippen LogP contribution in [0.4, 0.5) is 0 Å². The molecular weight excluding hydrogens is 314 g/mol. The molecule has 0 spiro atoms. The van der Waals surface area contributed by atoms with Crippen LogP contribution in [0.1, 0.15) is 36.1 Å². The van der Waals surface area contributed by atoms with Crippen LogP contribution in [0.3, 0.4) is 0 Å². The van der Waals surface area contributed by atoms with E-state index in [1.807, 2.05) is 24.8 Å². The predicted octanol–water partition coefficient (Wildman–Crippen LogP) is 3.83. The highest BCUT2D eigenvalue weighted by Crippen LogP contribution is 2.20. The largest absolute Gasteiger partial charge is 0.310 e. The van der Waals surface area contributed by atoms with Gasteiger partial charge in [-0.05, 0) is 65.0 Å². The van der Waals surface area contributed by atoms with Crippen LogP contribution in [-0.4, -0.2) is 16.5 Å². The molecule has 2 rings (SSSR count). The maximum Gasteiger partial charge on any atom is 0.0410 e. The SMILES string of the molecule is CCCNC(Cc1cncc(Br)c1)c1cncc(C)c1. The van der Waals surface area contributed by atoms with Crippen molar-refractivity contribution in [1.29, 1.82) is 0 Å². The number of rotatable bonds is 6. The third-order valence-electron chi connectivity index (χ3n) is 3.14. The summed E-state index contributed by atoms with van der Waals surface area (Å²) in [6.45, 7) is 5.26. The predicted molar refractivity (Wildman–Crippen MR) is 85.6 cm³/mol. The topological polar surface area (TPSA) is 37.8 Å². The molecule has 0 saturated carbocycles. The molecule has 1 N–H and O–H groups in total. The van der Waals surface area contributed by atoms with E-state index in [-0.39, 0.29) is 6.04 Å². The molecule has 3 nitrogen and oxygen atoms in total. The molecule has 0 radical (unpaired) electrons. The minimum absolute atomic E-state index is 0.276. The molecule has 0 aliphatic rings. The smallest absolute Gasteiger partial charge is 0.0410 e. The molecule has 1 unspecified atom stereocenters. The first-order valence-electron chi connectivity index (χ1n) is 6.93. The average Bonchev–Trinajstić information content (AvgIpc) is 2.43. The first-order chi connectivity index (χ1) is 9.69. The van der Waals surface area contributed by atoms with Gasteiger partial charge in [-0.2, -0.15) is 0 Å². The second-order valence-electron chi connectivity index (χ2n) is 5.02. The lowest BCUT2D eigenvalue weighted by molar-refractivity contribution is 0.527. The van der Waals surface area contributed by atoms with Crippen molar-refractivity contribution < 1.29 is 0 Å². The Kier molecular flexibility index (Phi) is 5.68. The van der Waals surface area contributed by atoms with Crippen LogP contribution in [0.2, 0.25) is 0 Å². The number of pyridine rings is 2. The average molecular weight is 334 g/mol. The maximum absolute atomic E-state index is 4.31. The van der Waals surface area contributed by atoms with Gasteiger partial charge in [0.15, 0.2) is 0 Å². The lowest BCUT2D eigenvalue weighted by atomic mass is 10.00. The quantitative estimate of drug-likeness (QED) is 0.872. The first kappa shape index (κ1) is 15.1. The molecule has 2 aromatic rings. The van der Waals surface area contributed by atoms with Crippen LogP contribution < -0.4 is 5.32 Å². The molecule has 20 heavy (non-hydrogen) atoms. The number of nitrogens with one attached hydrogen (secondary N) is 1. The zero-order chi connectivity index (χ0) is 14.4. The Morgan fingerprint density at radius 1 is 1.15 bits per heavy atom. The van der Waals surface area contributed by atoms with Crippen molar-refractivity contribution in [2.75, 3.05) is 6.54 Å². The van der Waals surface area contributed by atoms with Crippen LogP contribution in [0.15, 0.2) is 41.4 Å². The van der Waals surface area contributed by atoms with Gasteiger partial charge in [0.1, 0.15) is 0 Å². The van der Waals surface area contributed by atoms with E-state index in [0.717, 1.165) is 23.9 Å². The Hall–Kier alpha value is -1.26. The van der Waals surface area contributed by atoms with Crippen molar-refractivity contribution in [1.82, 2.24) is 15.3 Å². The summed E-state index contributed by atoms with van der Waals surface area (Å²) < 4.78 is 1.02. The number of aromatic nitrogens is 2. The van der Waals surface area contributed by atoms with Crippen LogP contribution in [-0.2, 0) is 6.42 Å². The summed E-state index contributed by atoms with van der Waals surface area (Å²) in [5.41, 5.74) is 3.64. The van der Waals surface area contributed by atoms with Crippen molar-refractivity contribution in [3.8, 4) is 0 Å². The number of hydrogen-bond donors (Lipinski definition) is 1. The van der Waals surface area contributed by atoms with Gasteiger partial charge < -0.3 is 5.32 Å². The van der Waals surface area contributed by atoms with Crippen molar-refractivity contribution >= 4 is 15.9 Å². The molecule has 106 valence electrons. The molecule has 0 aromatic carbocycles. The second kappa shape index (κ2) is 7.50. The van der Waals surface area contributed by atoms with Crippen LogP contribution in [0.25, 0.3) is 0 Å². The molecule has 2 heterocycles. The highest BCUT2D eigenvalue weighted by Gasteiger charge is 2.12. The summed E-state index contributed by atoms with van der Waals surface area (Å²) in [6.07, 6.45) is 9.61. The van der Waals surface area contributed by atoms with Crippen LogP contribution in [0.5, 0.6) is 0 Å². The van der Waals surface area contributed by atoms with Gasteiger partial charge in [-0.1, -0.05) is 13.0 Å². The van der Waals surface area contributed by atoms with E-state index in [0.29, 0.717) is 0 Å². The van der Waals surface area contributed by atoms with Crippen LogP contribution in [0, 0.1) is 6.92 Å². The zero-order valence-electron chi connectivity index (χ0n) is 11.9. The molecule has 2 aromatic heterocycles. The molecule has 0 fully saturated rings. The Labute approximate surface area is 129 Å². The van der Waals surface area contributed by atoms with E-state index in [9.17, 15) is 0 Å². The Morgan fingerprint density at radius 2 is 1.95 bits per heavy atom. The number of hydrogen-bond acceptors (Lipinski definition) is 3. The standard InChI is InChI=1S/C16H20BrN3/c1-3-4-20-16(14-5-12(2)8-18-10-14)7-13-6-15(17)11-19-9-13/h5-6,8-11,16,20H,3-4,7H2,1-2H3. The summed E-state index contributed by atoms with van der Waals surface area (Å²) in [4.78, 5) is 8.55. The van der Waals surface area contributed by atoms with Crippen molar-refractivity contribution in [2.45, 2.75) is 32.7 Å². The minimum atomic E-state index is 0.276. The number of aryl methyl sites for hydroxylation is 1. The lowest BCUT2D eigenvalue weighted by Gasteiger charge is -2.19. The molecule has 0 aliphatic carbocycles. The van der Waals surface area contributed by atoms with E-state index in [1.54, 1.807) is 0 Å². The van der Waals surface area contributed by atoms with Gasteiger partial charge in [0.2, 0.25) is 0 Å². The summed E-state index contributed by atoms with van der Waals surface area (Å²) >= 11 is 3.48. The first-order valence-corrected chi connectivity index (χ1v) is 7.72. The Morgan fingerprint density at radius 3 is 2.65 bits per heavy atom. The van der Waals surface area contributed by atoms with Gasteiger partial charge >= 0.3 is 0 Å². The van der Waals surface area contributed by atoms with Gasteiger partial charge in [-0.3, -0.25) is 9.97 Å². The Balaban J connectivity index is 2.19. The molecule has 0 saturated heterocycles. The second-order valence-corrected chi connectivity index (χ2v) is 5.93. The van der Waals surface area contributed by atoms with Gasteiger partial charge in [0.25, 0.3) is 0 Å². The number of halogens is 1. The molecule has 4 heteroatoms. The normalized spacial score (nSPS) is 12.3. The molecule has 1 atom stereocenters. The zero-order valence-corrected chi connectivity index (χ0v) is 13.5. The molecule has 0 bridgehead atoms. The lowest BCUT2D eigenvalue weighted by Crippen LogP contribution is -2.24. The van der Waals surface area contributed by atoms with Crippen molar-refractivity contribution in [3.05, 3.63) is 58.1 Å². The van der Waals surface area contributed by atoms with Gasteiger partial charge in [-0.15, -0.1) is 0 Å². The van der Waals surface area contributed by atoms with E-state index in [1.165, 1.54) is 16.7 Å². The molecule has 0 aliphatic heterocycles. The van der Waals surface area contributed by atoms with Gasteiger partial charge in [0.05, 0.1) is 0 Å². The summed E-state index contributed by atoms with van der Waals surface area (Å²) in [7, 11) is 0. The Bertz CT molecular complexity index is 557. The van der Waals surface area contributed by atoms with Gasteiger partial charge in [-0.25, -0.2) is 0 Å². The summed E-state index contributed by atoms with van der Waals surface area (Å²) in [6, 6.07) is 4.60. The van der Waals surface area contributed by atoms with Crippen molar-refractivity contribution in [2.24, 2.45) is 0 Å². The fourth-order valence-corrected chi connectivity index (χ4v) is 2.61. The fourth-order valence-electron chi connectivity index (χ4n) is 2.20. The highest BCUT2D eigenvalue weighted by molar-refractivity contribution is 9.10.